The molecule has 1 aliphatic heterocycles. The van der Waals surface area contributed by atoms with Gasteiger partial charge < -0.3 is 10.6 Å². The van der Waals surface area contributed by atoms with E-state index in [1.165, 1.54) is 32.0 Å². The number of piperidine rings is 1. The molecule has 0 saturated carbocycles. The maximum absolute atomic E-state index is 12.4. The van der Waals surface area contributed by atoms with Gasteiger partial charge in [-0.1, -0.05) is 44.2 Å². The van der Waals surface area contributed by atoms with Crippen molar-refractivity contribution in [2.75, 3.05) is 13.1 Å². The number of nitrogens with zero attached hydrogens (tertiary/aromatic N) is 1. The van der Waals surface area contributed by atoms with Gasteiger partial charge >= 0.3 is 0 Å². The van der Waals surface area contributed by atoms with E-state index in [0.29, 0.717) is 6.54 Å². The molecule has 0 radical (unpaired) electrons. The Morgan fingerprint density at radius 3 is 2.37 bits per heavy atom. The summed E-state index contributed by atoms with van der Waals surface area (Å²) >= 11 is 1.55. The highest BCUT2D eigenvalue weighted by atomic mass is 32.1. The Morgan fingerprint density at radius 1 is 1.10 bits per heavy atom. The highest BCUT2D eigenvalue weighted by molar-refractivity contribution is 7.10. The fraction of sp³-hybridized carbons (Fsp3) is 0.500. The molecule has 3 atom stereocenters. The van der Waals surface area contributed by atoms with Crippen LogP contribution in [0.15, 0.2) is 41.8 Å². The molecule has 2 heterocycles. The van der Waals surface area contributed by atoms with Crippen molar-refractivity contribution in [1.82, 2.24) is 15.5 Å². The molecular weight excluding hydrogens is 394 g/mol. The quantitative estimate of drug-likeness (QED) is 0.666. The van der Waals surface area contributed by atoms with Crippen LogP contribution in [-0.4, -0.2) is 29.8 Å². The summed E-state index contributed by atoms with van der Waals surface area (Å²) < 4.78 is 0. The van der Waals surface area contributed by atoms with Gasteiger partial charge in [-0.3, -0.25) is 14.5 Å². The second kappa shape index (κ2) is 10.7. The molecule has 0 aliphatic carbocycles. The number of likely N-dealkylation sites (tertiary alicyclic amines) is 1. The standard InChI is InChI=1S/C24H33N3O2S/c1-17-11-18(2)15-27(14-17)16-21-8-6-20(7-9-21)13-25-24(29)12-22(26-19(3)28)23-5-4-10-30-23/h4-10,17-18,22H,11-16H2,1-3H3,(H,25,29)(H,26,28)/t17-,18+,22-/m0/s1. The Kier molecular flexibility index (Phi) is 8.05. The lowest BCUT2D eigenvalue weighted by Crippen LogP contribution is -2.38. The van der Waals surface area contributed by atoms with Crippen molar-refractivity contribution in [1.29, 1.82) is 0 Å². The molecule has 1 fully saturated rings. The van der Waals surface area contributed by atoms with Crippen molar-refractivity contribution in [2.24, 2.45) is 11.8 Å². The van der Waals surface area contributed by atoms with Crippen molar-refractivity contribution in [3.63, 3.8) is 0 Å². The summed E-state index contributed by atoms with van der Waals surface area (Å²) in [6.45, 7) is 9.97. The molecule has 1 aliphatic rings. The van der Waals surface area contributed by atoms with Crippen molar-refractivity contribution in [2.45, 2.75) is 52.7 Å². The summed E-state index contributed by atoms with van der Waals surface area (Å²) in [6, 6.07) is 12.1. The second-order valence-electron chi connectivity index (χ2n) is 8.71. The van der Waals surface area contributed by atoms with E-state index in [9.17, 15) is 9.59 Å². The Labute approximate surface area is 183 Å². The number of nitrogens with one attached hydrogen (secondary N) is 2. The molecule has 1 saturated heterocycles. The molecule has 1 aromatic carbocycles. The zero-order chi connectivity index (χ0) is 21.5. The van der Waals surface area contributed by atoms with Crippen LogP contribution in [0.3, 0.4) is 0 Å². The Morgan fingerprint density at radius 2 is 1.77 bits per heavy atom. The summed E-state index contributed by atoms with van der Waals surface area (Å²) in [4.78, 5) is 27.4. The summed E-state index contributed by atoms with van der Waals surface area (Å²) in [5, 5.41) is 7.80. The van der Waals surface area contributed by atoms with Gasteiger partial charge in [0.15, 0.2) is 0 Å². The number of carbonyl (C=O) groups excluding carboxylic acids is 2. The Balaban J connectivity index is 1.48. The molecule has 30 heavy (non-hydrogen) atoms. The fourth-order valence-corrected chi connectivity index (χ4v) is 5.14. The SMILES string of the molecule is CC(=O)N[C@@H](CC(=O)NCc1ccc(CN2C[C@H](C)C[C@H](C)C2)cc1)c1cccs1. The number of hydrogen-bond donors (Lipinski definition) is 2. The molecule has 6 heteroatoms. The first-order chi connectivity index (χ1) is 14.4. The van der Waals surface area contributed by atoms with Crippen LogP contribution in [0.2, 0.25) is 0 Å². The molecule has 5 nitrogen and oxygen atoms in total. The minimum atomic E-state index is -0.279. The van der Waals surface area contributed by atoms with Crippen LogP contribution in [0.4, 0.5) is 0 Å². The molecule has 0 spiro atoms. The van der Waals surface area contributed by atoms with Crippen LogP contribution < -0.4 is 10.6 Å². The van der Waals surface area contributed by atoms with Gasteiger partial charge in [0.25, 0.3) is 0 Å². The molecule has 1 aromatic heterocycles. The van der Waals surface area contributed by atoms with Crippen LogP contribution in [-0.2, 0) is 22.7 Å². The van der Waals surface area contributed by atoms with Gasteiger partial charge in [0, 0.05) is 38.0 Å². The maximum atomic E-state index is 12.4. The first kappa shape index (κ1) is 22.5. The summed E-state index contributed by atoms with van der Waals surface area (Å²) in [5.74, 6) is 1.33. The molecule has 3 rings (SSSR count). The Hall–Kier alpha value is -2.18. The molecule has 0 unspecified atom stereocenters. The van der Waals surface area contributed by atoms with E-state index in [1.807, 2.05) is 17.5 Å². The third kappa shape index (κ3) is 6.96. The predicted octanol–water partition coefficient (Wildman–Crippen LogP) is 4.11. The molecule has 0 bridgehead atoms. The lowest BCUT2D eigenvalue weighted by Gasteiger charge is -2.35. The normalized spacial score (nSPS) is 20.5. The van der Waals surface area contributed by atoms with Crippen molar-refractivity contribution in [3.8, 4) is 0 Å². The van der Waals surface area contributed by atoms with Crippen molar-refractivity contribution >= 4 is 23.2 Å². The van der Waals surface area contributed by atoms with Gasteiger partial charge in [0.1, 0.15) is 0 Å². The summed E-state index contributed by atoms with van der Waals surface area (Å²) in [5.41, 5.74) is 2.40. The van der Waals surface area contributed by atoms with E-state index >= 15 is 0 Å². The average molecular weight is 428 g/mol. The Bertz CT molecular complexity index is 809. The molecule has 2 N–H and O–H groups in total. The van der Waals surface area contributed by atoms with E-state index in [2.05, 4.69) is 53.6 Å². The van der Waals surface area contributed by atoms with Gasteiger partial charge in [-0.2, -0.15) is 0 Å². The highest BCUT2D eigenvalue weighted by Gasteiger charge is 2.21. The van der Waals surface area contributed by atoms with Crippen LogP contribution in [0, 0.1) is 11.8 Å². The van der Waals surface area contributed by atoms with Gasteiger partial charge in [0.05, 0.1) is 12.5 Å². The minimum Gasteiger partial charge on any atom is -0.352 e. The van der Waals surface area contributed by atoms with E-state index in [-0.39, 0.29) is 24.3 Å². The van der Waals surface area contributed by atoms with Gasteiger partial charge in [-0.25, -0.2) is 0 Å². The molecule has 2 amide bonds. The van der Waals surface area contributed by atoms with Crippen LogP contribution in [0.1, 0.15) is 55.7 Å². The number of thiophene rings is 1. The number of rotatable bonds is 8. The van der Waals surface area contributed by atoms with Gasteiger partial charge in [0.2, 0.25) is 11.8 Å². The third-order valence-corrected chi connectivity index (χ3v) is 6.50. The van der Waals surface area contributed by atoms with Crippen molar-refractivity contribution < 1.29 is 9.59 Å². The summed E-state index contributed by atoms with van der Waals surface area (Å²) in [7, 11) is 0. The topological polar surface area (TPSA) is 61.4 Å². The number of hydrogen-bond acceptors (Lipinski definition) is 4. The second-order valence-corrected chi connectivity index (χ2v) is 9.69. The van der Waals surface area contributed by atoms with Crippen molar-refractivity contribution in [3.05, 3.63) is 57.8 Å². The molecule has 162 valence electrons. The third-order valence-electron chi connectivity index (χ3n) is 5.52. The first-order valence-electron chi connectivity index (χ1n) is 10.8. The van der Waals surface area contributed by atoms with Gasteiger partial charge in [-0.05, 0) is 40.8 Å². The van der Waals surface area contributed by atoms with Crippen LogP contribution in [0.25, 0.3) is 0 Å². The number of carbonyl (C=O) groups is 2. The predicted molar refractivity (Wildman–Crippen MR) is 122 cm³/mol. The van der Waals surface area contributed by atoms with E-state index in [4.69, 9.17) is 0 Å². The largest absolute Gasteiger partial charge is 0.352 e. The number of benzene rings is 1. The zero-order valence-electron chi connectivity index (χ0n) is 18.2. The van der Waals surface area contributed by atoms with E-state index < -0.39 is 0 Å². The lowest BCUT2D eigenvalue weighted by molar-refractivity contribution is -0.122. The van der Waals surface area contributed by atoms with Crippen LogP contribution in [0.5, 0.6) is 0 Å². The fourth-order valence-electron chi connectivity index (χ4n) is 4.36. The molecular formula is C24H33N3O2S. The highest BCUT2D eigenvalue weighted by Crippen LogP contribution is 2.23. The monoisotopic (exact) mass is 427 g/mol. The summed E-state index contributed by atoms with van der Waals surface area (Å²) in [6.07, 6.45) is 1.56. The van der Waals surface area contributed by atoms with Gasteiger partial charge in [-0.15, -0.1) is 11.3 Å². The number of amides is 2. The maximum Gasteiger partial charge on any atom is 0.222 e. The smallest absolute Gasteiger partial charge is 0.222 e. The minimum absolute atomic E-state index is 0.0671. The molecule has 2 aromatic rings. The van der Waals surface area contributed by atoms with E-state index in [1.54, 1.807) is 11.3 Å². The van der Waals surface area contributed by atoms with E-state index in [0.717, 1.165) is 28.8 Å². The lowest BCUT2D eigenvalue weighted by atomic mass is 9.91. The average Bonchev–Trinajstić information content (AvgIpc) is 3.20. The first-order valence-corrected chi connectivity index (χ1v) is 11.6. The van der Waals surface area contributed by atoms with Crippen LogP contribution >= 0.6 is 11.3 Å². The zero-order valence-corrected chi connectivity index (χ0v) is 19.0.